The Bertz CT molecular complexity index is 960. The molecule has 3 aromatic rings. The summed E-state index contributed by atoms with van der Waals surface area (Å²) in [5.41, 5.74) is 2.16. The maximum absolute atomic E-state index is 14.1. The number of likely N-dealkylation sites (tertiary alicyclic amines) is 1. The second-order valence-electron chi connectivity index (χ2n) is 6.45. The Kier molecular flexibility index (Phi) is 4.66. The highest BCUT2D eigenvalue weighted by molar-refractivity contribution is 5.93. The van der Waals surface area contributed by atoms with Crippen molar-refractivity contribution < 1.29 is 13.9 Å². The number of anilines is 1. The Morgan fingerprint density at radius 1 is 1.33 bits per heavy atom. The molecule has 0 unspecified atom stereocenters. The first-order valence-corrected chi connectivity index (χ1v) is 9.07. The zero-order valence-corrected chi connectivity index (χ0v) is 15.0. The van der Waals surface area contributed by atoms with E-state index in [-0.39, 0.29) is 11.8 Å². The van der Waals surface area contributed by atoms with Crippen molar-refractivity contribution in [1.29, 1.82) is 0 Å². The number of benzene rings is 1. The Morgan fingerprint density at radius 2 is 2.15 bits per heavy atom. The van der Waals surface area contributed by atoms with E-state index in [0.717, 1.165) is 32.4 Å². The highest BCUT2D eigenvalue weighted by atomic mass is 19.1. The third-order valence-corrected chi connectivity index (χ3v) is 4.60. The van der Waals surface area contributed by atoms with Crippen LogP contribution in [-0.4, -0.2) is 50.8 Å². The van der Waals surface area contributed by atoms with Crippen molar-refractivity contribution in [3.8, 4) is 17.3 Å². The lowest BCUT2D eigenvalue weighted by molar-refractivity contribution is 0.200. The number of piperidine rings is 1. The molecule has 0 aliphatic carbocycles. The fourth-order valence-corrected chi connectivity index (χ4v) is 3.25. The van der Waals surface area contributed by atoms with Gasteiger partial charge in [0.05, 0.1) is 29.5 Å². The van der Waals surface area contributed by atoms with E-state index in [0.29, 0.717) is 34.8 Å². The fraction of sp³-hybridized carbons (Fsp3) is 0.389. The second-order valence-corrected chi connectivity index (χ2v) is 6.45. The molecule has 1 fully saturated rings. The van der Waals surface area contributed by atoms with E-state index < -0.39 is 5.82 Å². The van der Waals surface area contributed by atoms with Gasteiger partial charge in [-0.2, -0.15) is 5.10 Å². The van der Waals surface area contributed by atoms with Gasteiger partial charge in [-0.25, -0.2) is 14.2 Å². The normalized spacial score (nSPS) is 14.5. The molecule has 27 heavy (non-hydrogen) atoms. The average Bonchev–Trinajstić information content (AvgIpc) is 3.29. The molecule has 0 radical (unpaired) electrons. The van der Waals surface area contributed by atoms with Crippen molar-refractivity contribution >= 4 is 22.8 Å². The van der Waals surface area contributed by atoms with E-state index in [9.17, 15) is 9.18 Å². The molecule has 3 heterocycles. The van der Waals surface area contributed by atoms with Crippen molar-refractivity contribution in [3.05, 3.63) is 24.1 Å². The summed E-state index contributed by atoms with van der Waals surface area (Å²) in [6.45, 7) is 3.67. The topological polar surface area (TPSA) is 98.9 Å². The number of fused-ring (bicyclic) bond motifs is 1. The van der Waals surface area contributed by atoms with Crippen LogP contribution in [0.4, 0.5) is 14.9 Å². The highest BCUT2D eigenvalue weighted by Gasteiger charge is 2.20. The second kappa shape index (κ2) is 7.26. The first kappa shape index (κ1) is 17.3. The molecule has 1 aromatic carbocycles. The van der Waals surface area contributed by atoms with Crippen LogP contribution in [0.25, 0.3) is 22.6 Å². The Morgan fingerprint density at radius 3 is 2.93 bits per heavy atom. The van der Waals surface area contributed by atoms with Crippen molar-refractivity contribution in [3.63, 3.8) is 0 Å². The zero-order valence-electron chi connectivity index (χ0n) is 15.0. The van der Waals surface area contributed by atoms with Crippen LogP contribution in [0.1, 0.15) is 26.2 Å². The molecular weight excluding hydrogens is 351 g/mol. The summed E-state index contributed by atoms with van der Waals surface area (Å²) < 4.78 is 19.3. The number of carbonyl (C=O) groups is 1. The van der Waals surface area contributed by atoms with Crippen LogP contribution in [0, 0.1) is 5.82 Å². The summed E-state index contributed by atoms with van der Waals surface area (Å²) in [5, 5.41) is 9.74. The molecular formula is C18H21FN6O2. The van der Waals surface area contributed by atoms with E-state index in [2.05, 4.69) is 25.5 Å². The molecule has 4 rings (SSSR count). The molecule has 0 bridgehead atoms. The largest absolute Gasteiger partial charge is 0.491 e. The van der Waals surface area contributed by atoms with Gasteiger partial charge in [-0.15, -0.1) is 0 Å². The van der Waals surface area contributed by atoms with E-state index in [1.807, 2.05) is 0 Å². The maximum Gasteiger partial charge on any atom is 0.321 e. The molecule has 2 amide bonds. The first-order chi connectivity index (χ1) is 13.2. The van der Waals surface area contributed by atoms with Crippen LogP contribution in [0.5, 0.6) is 5.75 Å². The van der Waals surface area contributed by atoms with Gasteiger partial charge in [0, 0.05) is 25.2 Å². The van der Waals surface area contributed by atoms with Gasteiger partial charge < -0.3 is 19.9 Å². The lowest BCUT2D eigenvalue weighted by atomic mass is 10.1. The number of halogens is 1. The summed E-state index contributed by atoms with van der Waals surface area (Å²) >= 11 is 0. The minimum atomic E-state index is -0.456. The number of nitrogens with zero attached hydrogens (tertiary/aromatic N) is 3. The molecule has 3 N–H and O–H groups in total. The molecule has 0 saturated carbocycles. The van der Waals surface area contributed by atoms with Gasteiger partial charge in [0.1, 0.15) is 5.69 Å². The van der Waals surface area contributed by atoms with Gasteiger partial charge in [0.2, 0.25) is 0 Å². The van der Waals surface area contributed by atoms with E-state index >= 15 is 0 Å². The van der Waals surface area contributed by atoms with Crippen molar-refractivity contribution in [2.45, 2.75) is 26.2 Å². The number of urea groups is 1. The molecule has 0 atom stereocenters. The Labute approximate surface area is 155 Å². The van der Waals surface area contributed by atoms with Crippen molar-refractivity contribution in [1.82, 2.24) is 25.1 Å². The van der Waals surface area contributed by atoms with Gasteiger partial charge in [-0.05, 0) is 26.2 Å². The van der Waals surface area contributed by atoms with Crippen LogP contribution in [0.15, 0.2) is 18.3 Å². The van der Waals surface area contributed by atoms with Gasteiger partial charge >= 0.3 is 6.03 Å². The molecule has 9 heteroatoms. The first-order valence-electron chi connectivity index (χ1n) is 9.07. The van der Waals surface area contributed by atoms with Crippen LogP contribution in [0.2, 0.25) is 0 Å². The molecule has 2 aromatic heterocycles. The third kappa shape index (κ3) is 3.44. The summed E-state index contributed by atoms with van der Waals surface area (Å²) in [6, 6.07) is 2.74. The third-order valence-electron chi connectivity index (χ3n) is 4.60. The fourth-order valence-electron chi connectivity index (χ4n) is 3.25. The minimum Gasteiger partial charge on any atom is -0.491 e. The number of ether oxygens (including phenoxy) is 1. The van der Waals surface area contributed by atoms with Crippen LogP contribution < -0.4 is 10.1 Å². The number of hydrogen-bond acceptors (Lipinski definition) is 4. The van der Waals surface area contributed by atoms with Crippen molar-refractivity contribution in [2.75, 3.05) is 25.0 Å². The number of hydrogen-bond donors (Lipinski definition) is 3. The van der Waals surface area contributed by atoms with Crippen LogP contribution in [-0.2, 0) is 0 Å². The van der Waals surface area contributed by atoms with E-state index in [1.165, 1.54) is 12.3 Å². The van der Waals surface area contributed by atoms with Crippen molar-refractivity contribution in [2.24, 2.45) is 0 Å². The maximum atomic E-state index is 14.1. The van der Waals surface area contributed by atoms with E-state index in [4.69, 9.17) is 4.74 Å². The number of nitrogens with one attached hydrogen (secondary N) is 3. The number of carbonyl (C=O) groups excluding carboxylic acids is 1. The quantitative estimate of drug-likeness (QED) is 0.653. The number of H-pyrrole nitrogens is 2. The van der Waals surface area contributed by atoms with Gasteiger partial charge in [0.25, 0.3) is 0 Å². The number of aromatic nitrogens is 4. The number of rotatable bonds is 4. The standard InChI is InChI=1S/C18H21FN6O2/c1-2-27-15-9-13-12(8-11(15)19)21-17(22-13)16-14(10-20-24-16)23-18(26)25-6-4-3-5-7-25/h8-10H,2-7H2,1H3,(H,20,24)(H,21,22)(H,23,26). The summed E-state index contributed by atoms with van der Waals surface area (Å²) in [6.07, 6.45) is 4.72. The molecule has 1 aliphatic rings. The highest BCUT2D eigenvalue weighted by Crippen LogP contribution is 2.29. The predicted molar refractivity (Wildman–Crippen MR) is 99.2 cm³/mol. The Hall–Kier alpha value is -3.10. The monoisotopic (exact) mass is 372 g/mol. The van der Waals surface area contributed by atoms with Crippen LogP contribution in [0.3, 0.4) is 0 Å². The lowest BCUT2D eigenvalue weighted by Crippen LogP contribution is -2.38. The molecule has 0 spiro atoms. The average molecular weight is 372 g/mol. The molecule has 1 aliphatic heterocycles. The number of amides is 2. The SMILES string of the molecule is CCOc1cc2nc(-c3[nH]ncc3NC(=O)N3CCCCC3)[nH]c2cc1F. The summed E-state index contributed by atoms with van der Waals surface area (Å²) in [5.74, 6) is 0.165. The van der Waals surface area contributed by atoms with Gasteiger partial charge in [0.15, 0.2) is 17.4 Å². The molecule has 142 valence electrons. The minimum absolute atomic E-state index is 0.155. The lowest BCUT2D eigenvalue weighted by Gasteiger charge is -2.26. The summed E-state index contributed by atoms with van der Waals surface area (Å²) in [7, 11) is 0. The van der Waals surface area contributed by atoms with E-state index in [1.54, 1.807) is 17.9 Å². The van der Waals surface area contributed by atoms with Crippen LogP contribution >= 0.6 is 0 Å². The summed E-state index contributed by atoms with van der Waals surface area (Å²) in [4.78, 5) is 21.8. The number of aromatic amines is 2. The molecule has 8 nitrogen and oxygen atoms in total. The van der Waals surface area contributed by atoms with Gasteiger partial charge in [-0.3, -0.25) is 5.10 Å². The van der Waals surface area contributed by atoms with Gasteiger partial charge in [-0.1, -0.05) is 0 Å². The smallest absolute Gasteiger partial charge is 0.321 e. The molecule has 1 saturated heterocycles. The number of imidazole rings is 1. The predicted octanol–water partition coefficient (Wildman–Crippen LogP) is 3.51. The Balaban J connectivity index is 1.60. The zero-order chi connectivity index (χ0) is 18.8.